The molecule has 1 amide bonds. The van der Waals surface area contributed by atoms with Gasteiger partial charge in [-0.1, -0.05) is 12.7 Å². The lowest BCUT2D eigenvalue weighted by Gasteiger charge is -2.11. The summed E-state index contributed by atoms with van der Waals surface area (Å²) in [5, 5.41) is 5.91. The zero-order chi connectivity index (χ0) is 18.1. The summed E-state index contributed by atoms with van der Waals surface area (Å²) in [6.07, 6.45) is 1.82. The van der Waals surface area contributed by atoms with Crippen molar-refractivity contribution < 1.29 is 14.3 Å². The second kappa shape index (κ2) is 9.37. The van der Waals surface area contributed by atoms with Crippen LogP contribution in [0.4, 0.5) is 11.4 Å². The van der Waals surface area contributed by atoms with Crippen molar-refractivity contribution in [2.45, 2.75) is 20.0 Å². The molecular weight excluding hydrogens is 316 g/mol. The van der Waals surface area contributed by atoms with Gasteiger partial charge < -0.3 is 20.1 Å². The molecule has 5 nitrogen and oxygen atoms in total. The highest BCUT2D eigenvalue weighted by Crippen LogP contribution is 2.17. The minimum absolute atomic E-state index is 0.121. The van der Waals surface area contributed by atoms with Crippen molar-refractivity contribution in [2.75, 3.05) is 23.8 Å². The molecule has 0 fully saturated rings. The highest BCUT2D eigenvalue weighted by atomic mass is 16.5. The Labute approximate surface area is 148 Å². The van der Waals surface area contributed by atoms with E-state index in [0.29, 0.717) is 6.61 Å². The first-order chi connectivity index (χ1) is 12.1. The molecule has 0 saturated heterocycles. The molecule has 0 bridgehead atoms. The fourth-order valence-corrected chi connectivity index (χ4v) is 2.10. The minimum atomic E-state index is -0.121. The van der Waals surface area contributed by atoms with E-state index in [2.05, 4.69) is 17.2 Å². The third-order valence-electron chi connectivity index (χ3n) is 3.19. The van der Waals surface area contributed by atoms with E-state index >= 15 is 0 Å². The molecule has 0 atom stereocenters. The summed E-state index contributed by atoms with van der Waals surface area (Å²) in [7, 11) is 0. The number of carbonyl (C=O) groups is 1. The van der Waals surface area contributed by atoms with E-state index in [0.717, 1.165) is 22.9 Å². The van der Waals surface area contributed by atoms with Crippen molar-refractivity contribution in [3.05, 3.63) is 61.2 Å². The lowest BCUT2D eigenvalue weighted by atomic mass is 10.3. The molecule has 5 heteroatoms. The van der Waals surface area contributed by atoms with Gasteiger partial charge in [-0.25, -0.2) is 0 Å². The second-order valence-electron chi connectivity index (χ2n) is 5.72. The third kappa shape index (κ3) is 6.59. The molecule has 0 unspecified atom stereocenters. The van der Waals surface area contributed by atoms with E-state index in [1.165, 1.54) is 0 Å². The monoisotopic (exact) mass is 340 g/mol. The molecule has 0 spiro atoms. The van der Waals surface area contributed by atoms with Gasteiger partial charge in [-0.15, -0.1) is 0 Å². The van der Waals surface area contributed by atoms with Crippen LogP contribution in [0.25, 0.3) is 0 Å². The van der Waals surface area contributed by atoms with Crippen molar-refractivity contribution in [1.82, 2.24) is 0 Å². The van der Waals surface area contributed by atoms with Crippen LogP contribution in [0, 0.1) is 0 Å². The number of anilines is 2. The Morgan fingerprint density at radius 3 is 2.24 bits per heavy atom. The molecule has 25 heavy (non-hydrogen) atoms. The Bertz CT molecular complexity index is 679. The summed E-state index contributed by atoms with van der Waals surface area (Å²) in [5.41, 5.74) is 1.58. The van der Waals surface area contributed by atoms with Gasteiger partial charge in [-0.3, -0.25) is 4.79 Å². The molecule has 2 aromatic rings. The van der Waals surface area contributed by atoms with Crippen LogP contribution in [0.5, 0.6) is 11.5 Å². The lowest BCUT2D eigenvalue weighted by molar-refractivity contribution is -0.114. The van der Waals surface area contributed by atoms with Crippen LogP contribution in [-0.2, 0) is 4.79 Å². The summed E-state index contributed by atoms with van der Waals surface area (Å²) in [5.74, 6) is 1.42. The van der Waals surface area contributed by atoms with Crippen molar-refractivity contribution in [1.29, 1.82) is 0 Å². The average Bonchev–Trinajstić information content (AvgIpc) is 2.60. The number of nitrogens with one attached hydrogen (secondary N) is 2. The van der Waals surface area contributed by atoms with Gasteiger partial charge in [0.15, 0.2) is 0 Å². The number of hydrogen-bond donors (Lipinski definition) is 2. The zero-order valence-corrected chi connectivity index (χ0v) is 14.6. The predicted octanol–water partition coefficient (Wildman–Crippen LogP) is 4.09. The summed E-state index contributed by atoms with van der Waals surface area (Å²) in [6.45, 7) is 8.19. The van der Waals surface area contributed by atoms with Gasteiger partial charge in [0, 0.05) is 11.4 Å². The number of ether oxygens (including phenoxy) is 2. The second-order valence-corrected chi connectivity index (χ2v) is 5.72. The van der Waals surface area contributed by atoms with Gasteiger partial charge in [-0.2, -0.15) is 0 Å². The Kier molecular flexibility index (Phi) is 6.89. The number of benzene rings is 2. The van der Waals surface area contributed by atoms with Crippen molar-refractivity contribution in [3.8, 4) is 11.5 Å². The number of amides is 1. The van der Waals surface area contributed by atoms with Crippen molar-refractivity contribution >= 4 is 17.3 Å². The van der Waals surface area contributed by atoms with Gasteiger partial charge in [0.25, 0.3) is 0 Å². The Morgan fingerprint density at radius 1 is 1.04 bits per heavy atom. The summed E-state index contributed by atoms with van der Waals surface area (Å²) in [6, 6.07) is 14.7. The predicted molar refractivity (Wildman–Crippen MR) is 101 cm³/mol. The molecule has 132 valence electrons. The minimum Gasteiger partial charge on any atom is -0.491 e. The van der Waals surface area contributed by atoms with Crippen LogP contribution in [-0.4, -0.2) is 25.2 Å². The molecule has 2 aromatic carbocycles. The molecule has 0 aliphatic rings. The number of carbonyl (C=O) groups excluding carboxylic acids is 1. The number of hydrogen-bond acceptors (Lipinski definition) is 4. The molecule has 0 radical (unpaired) electrons. The van der Waals surface area contributed by atoms with E-state index in [-0.39, 0.29) is 18.6 Å². The van der Waals surface area contributed by atoms with Crippen LogP contribution < -0.4 is 20.1 Å². The third-order valence-corrected chi connectivity index (χ3v) is 3.19. The van der Waals surface area contributed by atoms with Gasteiger partial charge in [0.1, 0.15) is 18.1 Å². The fourth-order valence-electron chi connectivity index (χ4n) is 2.10. The molecule has 2 N–H and O–H groups in total. The van der Waals surface area contributed by atoms with E-state index in [1.807, 2.05) is 62.4 Å². The normalized spacial score (nSPS) is 10.2. The van der Waals surface area contributed by atoms with E-state index < -0.39 is 0 Å². The first kappa shape index (κ1) is 18.4. The quantitative estimate of drug-likeness (QED) is 0.675. The first-order valence-corrected chi connectivity index (χ1v) is 8.21. The maximum Gasteiger partial charge on any atom is 0.243 e. The van der Waals surface area contributed by atoms with Crippen molar-refractivity contribution in [3.63, 3.8) is 0 Å². The molecule has 0 aliphatic heterocycles. The maximum absolute atomic E-state index is 12.0. The van der Waals surface area contributed by atoms with E-state index in [9.17, 15) is 4.79 Å². The van der Waals surface area contributed by atoms with E-state index in [4.69, 9.17) is 9.47 Å². The van der Waals surface area contributed by atoms with Crippen LogP contribution in [0.1, 0.15) is 13.8 Å². The largest absolute Gasteiger partial charge is 0.491 e. The highest BCUT2D eigenvalue weighted by molar-refractivity contribution is 5.93. The summed E-state index contributed by atoms with van der Waals surface area (Å²) < 4.78 is 11.0. The molecule has 0 aromatic heterocycles. The Morgan fingerprint density at radius 2 is 1.64 bits per heavy atom. The Hall–Kier alpha value is -2.95. The molecular formula is C20H24N2O3. The lowest BCUT2D eigenvalue weighted by Crippen LogP contribution is -2.21. The van der Waals surface area contributed by atoms with Crippen LogP contribution in [0.2, 0.25) is 0 Å². The van der Waals surface area contributed by atoms with Crippen LogP contribution in [0.3, 0.4) is 0 Å². The number of rotatable bonds is 9. The molecule has 0 saturated carbocycles. The smallest absolute Gasteiger partial charge is 0.243 e. The first-order valence-electron chi connectivity index (χ1n) is 8.21. The summed E-state index contributed by atoms with van der Waals surface area (Å²) >= 11 is 0. The molecule has 0 heterocycles. The maximum atomic E-state index is 12.0. The fraction of sp³-hybridized carbons (Fsp3) is 0.250. The average molecular weight is 340 g/mol. The van der Waals surface area contributed by atoms with Crippen molar-refractivity contribution in [2.24, 2.45) is 0 Å². The van der Waals surface area contributed by atoms with E-state index in [1.54, 1.807) is 6.08 Å². The molecule has 0 aliphatic carbocycles. The zero-order valence-electron chi connectivity index (χ0n) is 14.6. The van der Waals surface area contributed by atoms with Gasteiger partial charge >= 0.3 is 0 Å². The van der Waals surface area contributed by atoms with Gasteiger partial charge in [0.2, 0.25) is 5.91 Å². The topological polar surface area (TPSA) is 59.6 Å². The molecule has 2 rings (SSSR count). The Balaban J connectivity index is 1.79. The van der Waals surface area contributed by atoms with Crippen LogP contribution >= 0.6 is 0 Å². The summed E-state index contributed by atoms with van der Waals surface area (Å²) in [4.78, 5) is 12.0. The standard InChI is InChI=1S/C20H24N2O3/c1-4-13-24-18-9-5-16(6-10-18)21-14-20(23)22-17-7-11-19(12-8-17)25-15(2)3/h4-12,15,21H,1,13-14H2,2-3H3,(H,22,23). The highest BCUT2D eigenvalue weighted by Gasteiger charge is 2.04. The van der Waals surface area contributed by atoms with Crippen LogP contribution in [0.15, 0.2) is 61.2 Å². The van der Waals surface area contributed by atoms with Gasteiger partial charge in [-0.05, 0) is 62.4 Å². The van der Waals surface area contributed by atoms with Gasteiger partial charge in [0.05, 0.1) is 12.6 Å². The SMILES string of the molecule is C=CCOc1ccc(NCC(=O)Nc2ccc(OC(C)C)cc2)cc1.